The fraction of sp³-hybridized carbons (Fsp3) is 0.286. The average molecular weight is 299 g/mol. The van der Waals surface area contributed by atoms with Crippen LogP contribution >= 0.6 is 23.2 Å². The van der Waals surface area contributed by atoms with Crippen molar-refractivity contribution < 1.29 is 4.39 Å². The molecule has 0 N–H and O–H groups in total. The molecule has 5 heteroatoms. The lowest BCUT2D eigenvalue weighted by Gasteiger charge is -2.11. The van der Waals surface area contributed by atoms with Crippen molar-refractivity contribution in [1.29, 1.82) is 0 Å². The van der Waals surface area contributed by atoms with Gasteiger partial charge in [-0.15, -0.1) is 0 Å². The Labute approximate surface area is 121 Å². The van der Waals surface area contributed by atoms with Crippen LogP contribution in [0.3, 0.4) is 0 Å². The average Bonchev–Trinajstić information content (AvgIpc) is 2.31. The molecule has 0 spiro atoms. The van der Waals surface area contributed by atoms with Crippen LogP contribution in [-0.4, -0.2) is 9.97 Å². The van der Waals surface area contributed by atoms with Crippen LogP contribution in [0.5, 0.6) is 0 Å². The lowest BCUT2D eigenvalue weighted by Crippen LogP contribution is -1.99. The van der Waals surface area contributed by atoms with Crippen LogP contribution < -0.4 is 0 Å². The van der Waals surface area contributed by atoms with Crippen molar-refractivity contribution in [3.8, 4) is 11.4 Å². The van der Waals surface area contributed by atoms with E-state index in [2.05, 4.69) is 9.97 Å². The maximum absolute atomic E-state index is 13.6. The molecular weight excluding hydrogens is 286 g/mol. The third-order valence-electron chi connectivity index (χ3n) is 2.86. The van der Waals surface area contributed by atoms with Crippen molar-refractivity contribution in [2.75, 3.05) is 0 Å². The molecule has 0 unspecified atom stereocenters. The molecule has 19 heavy (non-hydrogen) atoms. The summed E-state index contributed by atoms with van der Waals surface area (Å²) in [7, 11) is 0. The monoisotopic (exact) mass is 298 g/mol. The van der Waals surface area contributed by atoms with Crippen LogP contribution in [0.2, 0.25) is 10.3 Å². The zero-order valence-corrected chi connectivity index (χ0v) is 12.3. The number of nitrogens with zero attached hydrogens (tertiary/aromatic N) is 2. The Morgan fingerprint density at radius 1 is 1.11 bits per heavy atom. The molecule has 0 aliphatic rings. The molecule has 0 atom stereocenters. The number of benzene rings is 1. The second-order valence-corrected chi connectivity index (χ2v) is 5.38. The molecule has 2 nitrogen and oxygen atoms in total. The van der Waals surface area contributed by atoms with Crippen LogP contribution in [0.25, 0.3) is 11.4 Å². The predicted molar refractivity (Wildman–Crippen MR) is 76.3 cm³/mol. The number of hydrogen-bond donors (Lipinski definition) is 0. The zero-order chi connectivity index (χ0) is 14.2. The van der Waals surface area contributed by atoms with E-state index in [4.69, 9.17) is 23.2 Å². The summed E-state index contributed by atoms with van der Waals surface area (Å²) in [5, 5.41) is 0.622. The summed E-state index contributed by atoms with van der Waals surface area (Å²) in [5.74, 6) is 0.156. The molecule has 1 heterocycles. The van der Waals surface area contributed by atoms with Crippen LogP contribution in [0.1, 0.15) is 30.9 Å². The second kappa shape index (κ2) is 5.43. The smallest absolute Gasteiger partial charge is 0.162 e. The number of hydrogen-bond acceptors (Lipinski definition) is 2. The summed E-state index contributed by atoms with van der Waals surface area (Å²) in [5.41, 5.74) is 1.83. The maximum Gasteiger partial charge on any atom is 0.162 e. The Morgan fingerprint density at radius 3 is 2.16 bits per heavy atom. The number of halogens is 3. The highest BCUT2D eigenvalue weighted by Crippen LogP contribution is 2.31. The summed E-state index contributed by atoms with van der Waals surface area (Å²) in [6, 6.07) is 4.80. The first-order chi connectivity index (χ1) is 8.90. The summed E-state index contributed by atoms with van der Waals surface area (Å²) in [4.78, 5) is 8.40. The van der Waals surface area contributed by atoms with Gasteiger partial charge in [0.25, 0.3) is 0 Å². The lowest BCUT2D eigenvalue weighted by atomic mass is 10.1. The summed E-state index contributed by atoms with van der Waals surface area (Å²) in [6.07, 6.45) is 0. The normalized spacial score (nSPS) is 11.1. The fourth-order valence-corrected chi connectivity index (χ4v) is 2.58. The molecule has 2 rings (SSSR count). The Kier molecular flexibility index (Phi) is 4.07. The van der Waals surface area contributed by atoms with Gasteiger partial charge >= 0.3 is 0 Å². The molecule has 0 radical (unpaired) electrons. The van der Waals surface area contributed by atoms with E-state index in [1.54, 1.807) is 19.1 Å². The van der Waals surface area contributed by atoms with Crippen molar-refractivity contribution >= 4 is 23.2 Å². The molecule has 0 saturated heterocycles. The quantitative estimate of drug-likeness (QED) is 0.727. The maximum atomic E-state index is 13.6. The highest BCUT2D eigenvalue weighted by Gasteiger charge is 2.16. The van der Waals surface area contributed by atoms with E-state index in [0.29, 0.717) is 32.8 Å². The molecule has 2 aromatic rings. The van der Waals surface area contributed by atoms with Crippen LogP contribution in [0.15, 0.2) is 18.2 Å². The van der Waals surface area contributed by atoms with E-state index in [1.165, 1.54) is 6.07 Å². The Balaban J connectivity index is 2.55. The SMILES string of the molecule is Cc1ccc(-c2nc(Cl)c(C(C)C)c(Cl)n2)cc1F. The van der Waals surface area contributed by atoms with Crippen molar-refractivity contribution in [3.05, 3.63) is 45.4 Å². The van der Waals surface area contributed by atoms with Gasteiger partial charge in [-0.3, -0.25) is 0 Å². The number of aryl methyl sites for hydroxylation is 1. The van der Waals surface area contributed by atoms with E-state index in [0.717, 1.165) is 0 Å². The molecule has 0 amide bonds. The molecular formula is C14H13Cl2FN2. The van der Waals surface area contributed by atoms with Gasteiger partial charge in [0, 0.05) is 11.1 Å². The van der Waals surface area contributed by atoms with Gasteiger partial charge in [-0.1, -0.05) is 49.2 Å². The van der Waals surface area contributed by atoms with Crippen molar-refractivity contribution in [2.24, 2.45) is 0 Å². The molecule has 0 saturated carbocycles. The minimum Gasteiger partial charge on any atom is -0.216 e. The first-order valence-corrected chi connectivity index (χ1v) is 6.65. The topological polar surface area (TPSA) is 25.8 Å². The summed E-state index contributed by atoms with van der Waals surface area (Å²) >= 11 is 12.2. The second-order valence-electron chi connectivity index (χ2n) is 4.66. The molecule has 0 aliphatic heterocycles. The third kappa shape index (κ3) is 2.88. The van der Waals surface area contributed by atoms with E-state index in [1.807, 2.05) is 13.8 Å². The molecule has 100 valence electrons. The number of aromatic nitrogens is 2. The molecule has 1 aromatic heterocycles. The van der Waals surface area contributed by atoms with Gasteiger partial charge < -0.3 is 0 Å². The molecule has 0 aliphatic carbocycles. The first-order valence-electron chi connectivity index (χ1n) is 5.89. The number of rotatable bonds is 2. The minimum atomic E-state index is -0.304. The van der Waals surface area contributed by atoms with Gasteiger partial charge in [-0.2, -0.15) is 0 Å². The Bertz CT molecular complexity index is 604. The Hall–Kier alpha value is -1.19. The van der Waals surface area contributed by atoms with E-state index in [9.17, 15) is 4.39 Å². The highest BCUT2D eigenvalue weighted by atomic mass is 35.5. The summed E-state index contributed by atoms with van der Waals surface area (Å²) < 4.78 is 13.6. The van der Waals surface area contributed by atoms with Crippen molar-refractivity contribution in [2.45, 2.75) is 26.7 Å². The van der Waals surface area contributed by atoms with Gasteiger partial charge in [-0.25, -0.2) is 14.4 Å². The predicted octanol–water partition coefficient (Wildman–Crippen LogP) is 5.02. The van der Waals surface area contributed by atoms with Crippen molar-refractivity contribution in [3.63, 3.8) is 0 Å². The van der Waals surface area contributed by atoms with E-state index < -0.39 is 0 Å². The van der Waals surface area contributed by atoms with Gasteiger partial charge in [0.2, 0.25) is 0 Å². The highest BCUT2D eigenvalue weighted by molar-refractivity contribution is 6.34. The van der Waals surface area contributed by atoms with E-state index in [-0.39, 0.29) is 11.7 Å². The standard InChI is InChI=1S/C14H13Cl2FN2/c1-7(2)11-12(15)18-14(19-13(11)16)9-5-4-8(3)10(17)6-9/h4-7H,1-3H3. The van der Waals surface area contributed by atoms with Crippen LogP contribution in [-0.2, 0) is 0 Å². The largest absolute Gasteiger partial charge is 0.216 e. The fourth-order valence-electron chi connectivity index (χ4n) is 1.75. The van der Waals surface area contributed by atoms with Gasteiger partial charge in [-0.05, 0) is 24.5 Å². The summed E-state index contributed by atoms with van der Waals surface area (Å²) in [6.45, 7) is 5.62. The Morgan fingerprint density at radius 2 is 1.68 bits per heavy atom. The van der Waals surface area contributed by atoms with Gasteiger partial charge in [0.05, 0.1) is 0 Å². The molecule has 0 fully saturated rings. The zero-order valence-electron chi connectivity index (χ0n) is 10.8. The van der Waals surface area contributed by atoms with Crippen LogP contribution in [0, 0.1) is 12.7 Å². The third-order valence-corrected chi connectivity index (χ3v) is 3.44. The first kappa shape index (κ1) is 14.2. The molecule has 0 bridgehead atoms. The minimum absolute atomic E-state index is 0.129. The lowest BCUT2D eigenvalue weighted by molar-refractivity contribution is 0.619. The van der Waals surface area contributed by atoms with Crippen molar-refractivity contribution in [1.82, 2.24) is 9.97 Å². The van der Waals surface area contributed by atoms with E-state index >= 15 is 0 Å². The van der Waals surface area contributed by atoms with Crippen LogP contribution in [0.4, 0.5) is 4.39 Å². The molecule has 1 aromatic carbocycles. The van der Waals surface area contributed by atoms with Gasteiger partial charge in [0.15, 0.2) is 5.82 Å². The van der Waals surface area contributed by atoms with Gasteiger partial charge in [0.1, 0.15) is 16.1 Å².